The van der Waals surface area contributed by atoms with Crippen LogP contribution in [-0.2, 0) is 0 Å². The van der Waals surface area contributed by atoms with Gasteiger partial charge in [-0.3, -0.25) is 0 Å². The van der Waals surface area contributed by atoms with E-state index in [9.17, 15) is 0 Å². The van der Waals surface area contributed by atoms with Crippen molar-refractivity contribution in [3.05, 3.63) is 0 Å². The third-order valence-electron chi connectivity index (χ3n) is 1.29. The smallest absolute Gasteiger partial charge is 0.108 e. The van der Waals surface area contributed by atoms with E-state index in [-0.39, 0.29) is 0 Å². The zero-order valence-corrected chi connectivity index (χ0v) is 6.52. The Labute approximate surface area is 60.7 Å². The van der Waals surface area contributed by atoms with Gasteiger partial charge in [0.1, 0.15) is 18.7 Å². The van der Waals surface area contributed by atoms with Gasteiger partial charge in [0.15, 0.2) is 0 Å². The normalized spacial score (nSPS) is 20.7. The average molecular weight is 149 g/mol. The zero-order valence-electron chi connectivity index (χ0n) is 6.52. The van der Waals surface area contributed by atoms with E-state index in [1.54, 1.807) is 0 Å². The second kappa shape index (κ2) is 3.88. The van der Waals surface area contributed by atoms with Crippen molar-refractivity contribution in [3.63, 3.8) is 0 Å². The van der Waals surface area contributed by atoms with Gasteiger partial charge in [0, 0.05) is 0 Å². The van der Waals surface area contributed by atoms with Crippen LogP contribution < -0.4 is 0 Å². The third kappa shape index (κ3) is 2.62. The van der Waals surface area contributed by atoms with Crippen molar-refractivity contribution in [1.29, 1.82) is 0 Å². The van der Waals surface area contributed by atoms with Gasteiger partial charge in [0.2, 0.25) is 0 Å². The van der Waals surface area contributed by atoms with Crippen molar-refractivity contribution in [1.82, 2.24) is 4.90 Å². The molecule has 10 heavy (non-hydrogen) atoms. The summed E-state index contributed by atoms with van der Waals surface area (Å²) in [7, 11) is 0. The number of nitrogens with zero attached hydrogens (tertiary/aromatic N) is 1. The number of hydrogen-bond donors (Lipinski definition) is 3. The fourth-order valence-electron chi connectivity index (χ4n) is 0.937. The molecule has 0 radical (unpaired) electrons. The van der Waals surface area contributed by atoms with Gasteiger partial charge in [-0.1, -0.05) is 0 Å². The number of aliphatic hydroxyl groups is 3. The van der Waals surface area contributed by atoms with Crippen molar-refractivity contribution in [2.24, 2.45) is 0 Å². The summed E-state index contributed by atoms with van der Waals surface area (Å²) in [5, 5.41) is 26.9. The molecule has 0 rings (SSSR count). The molecule has 0 unspecified atom stereocenters. The van der Waals surface area contributed by atoms with Crippen molar-refractivity contribution >= 4 is 0 Å². The van der Waals surface area contributed by atoms with E-state index in [4.69, 9.17) is 15.3 Å². The number of aliphatic hydroxyl groups excluding tert-OH is 3. The Morgan fingerprint density at radius 1 is 0.800 bits per heavy atom. The van der Waals surface area contributed by atoms with Crippen LogP contribution in [-0.4, -0.2) is 38.9 Å². The average Bonchev–Trinajstić information content (AvgIpc) is 1.59. The second-order valence-electron chi connectivity index (χ2n) is 2.34. The van der Waals surface area contributed by atoms with Crippen molar-refractivity contribution in [2.45, 2.75) is 39.5 Å². The molecule has 0 aliphatic rings. The molecule has 0 saturated heterocycles. The van der Waals surface area contributed by atoms with Gasteiger partial charge < -0.3 is 15.3 Å². The lowest BCUT2D eigenvalue weighted by Crippen LogP contribution is -2.45. The Kier molecular flexibility index (Phi) is 3.81. The lowest BCUT2D eigenvalue weighted by atomic mass is 10.4. The molecule has 62 valence electrons. The minimum Gasteiger partial charge on any atom is -0.379 e. The standard InChI is InChI=1S/C6H15NO3/c1-4(8)7(5(2)9)6(3)10/h4-6,8-10H,1-3H3/t4-,5-,6+/m0/s1. The van der Waals surface area contributed by atoms with Gasteiger partial charge in [0.05, 0.1) is 0 Å². The van der Waals surface area contributed by atoms with Crippen LogP contribution in [0.5, 0.6) is 0 Å². The first-order valence-corrected chi connectivity index (χ1v) is 3.28. The quantitative estimate of drug-likeness (QED) is 0.464. The van der Waals surface area contributed by atoms with Crippen LogP contribution in [0.25, 0.3) is 0 Å². The van der Waals surface area contributed by atoms with Crippen LogP contribution >= 0.6 is 0 Å². The number of rotatable bonds is 3. The van der Waals surface area contributed by atoms with Gasteiger partial charge in [-0.25, -0.2) is 4.90 Å². The van der Waals surface area contributed by atoms with Crippen molar-refractivity contribution < 1.29 is 15.3 Å². The lowest BCUT2D eigenvalue weighted by molar-refractivity contribution is -0.159. The summed E-state index contributed by atoms with van der Waals surface area (Å²) < 4.78 is 0. The Hall–Kier alpha value is -0.160. The van der Waals surface area contributed by atoms with Crippen LogP contribution in [0, 0.1) is 0 Å². The summed E-state index contributed by atoms with van der Waals surface area (Å²) >= 11 is 0. The summed E-state index contributed by atoms with van der Waals surface area (Å²) in [6, 6.07) is 0. The van der Waals surface area contributed by atoms with E-state index in [1.807, 2.05) is 0 Å². The molecule has 0 aromatic heterocycles. The predicted octanol–water partition coefficient (Wildman–Crippen LogP) is -0.697. The van der Waals surface area contributed by atoms with Crippen LogP contribution in [0.4, 0.5) is 0 Å². The molecule has 0 spiro atoms. The zero-order chi connectivity index (χ0) is 8.31. The fraction of sp³-hybridized carbons (Fsp3) is 1.00. The van der Waals surface area contributed by atoms with E-state index in [0.717, 1.165) is 0 Å². The van der Waals surface area contributed by atoms with Gasteiger partial charge >= 0.3 is 0 Å². The molecule has 0 fully saturated rings. The number of hydrogen-bond acceptors (Lipinski definition) is 4. The first-order chi connectivity index (χ1) is 4.46. The van der Waals surface area contributed by atoms with Crippen LogP contribution in [0.1, 0.15) is 20.8 Å². The highest BCUT2D eigenvalue weighted by Gasteiger charge is 2.19. The SMILES string of the molecule is C[C@H](O)N([C@H](C)O)[C@@H](C)O. The van der Waals surface area contributed by atoms with Gasteiger partial charge in [-0.05, 0) is 20.8 Å². The highest BCUT2D eigenvalue weighted by Crippen LogP contribution is 2.04. The summed E-state index contributed by atoms with van der Waals surface area (Å²) in [5.74, 6) is 0. The maximum Gasteiger partial charge on any atom is 0.108 e. The Morgan fingerprint density at radius 2 is 1.00 bits per heavy atom. The monoisotopic (exact) mass is 149 g/mol. The molecule has 4 heteroatoms. The highest BCUT2D eigenvalue weighted by atomic mass is 16.4. The molecule has 0 saturated carbocycles. The van der Waals surface area contributed by atoms with Crippen LogP contribution in [0.2, 0.25) is 0 Å². The summed E-state index contributed by atoms with van der Waals surface area (Å²) in [4.78, 5) is 1.17. The maximum atomic E-state index is 8.96. The highest BCUT2D eigenvalue weighted by molar-refractivity contribution is 4.58. The van der Waals surface area contributed by atoms with Crippen molar-refractivity contribution in [3.8, 4) is 0 Å². The van der Waals surface area contributed by atoms with Crippen LogP contribution in [0.15, 0.2) is 0 Å². The predicted molar refractivity (Wildman–Crippen MR) is 36.9 cm³/mol. The largest absolute Gasteiger partial charge is 0.379 e. The summed E-state index contributed by atoms with van der Waals surface area (Å²) in [5.41, 5.74) is 0. The molecule has 0 heterocycles. The van der Waals surface area contributed by atoms with E-state index in [0.29, 0.717) is 0 Å². The Balaban J connectivity index is 3.98. The molecular weight excluding hydrogens is 134 g/mol. The van der Waals surface area contributed by atoms with E-state index >= 15 is 0 Å². The maximum absolute atomic E-state index is 8.96. The Morgan fingerprint density at radius 3 is 1.00 bits per heavy atom. The van der Waals surface area contributed by atoms with E-state index in [1.165, 1.54) is 25.7 Å². The Bertz CT molecular complexity index is 74.0. The molecule has 0 amide bonds. The molecule has 0 aromatic rings. The first-order valence-electron chi connectivity index (χ1n) is 3.28. The molecule has 0 aliphatic heterocycles. The second-order valence-corrected chi connectivity index (χ2v) is 2.34. The fourth-order valence-corrected chi connectivity index (χ4v) is 0.937. The van der Waals surface area contributed by atoms with Crippen LogP contribution in [0.3, 0.4) is 0 Å². The van der Waals surface area contributed by atoms with Gasteiger partial charge in [-0.2, -0.15) is 0 Å². The van der Waals surface area contributed by atoms with E-state index in [2.05, 4.69) is 0 Å². The molecule has 0 bridgehead atoms. The van der Waals surface area contributed by atoms with Crippen molar-refractivity contribution in [2.75, 3.05) is 0 Å². The molecular formula is C6H15NO3. The third-order valence-corrected chi connectivity index (χ3v) is 1.29. The molecule has 0 aromatic carbocycles. The molecule has 3 N–H and O–H groups in total. The topological polar surface area (TPSA) is 63.9 Å². The van der Waals surface area contributed by atoms with E-state index < -0.39 is 18.7 Å². The lowest BCUT2D eigenvalue weighted by Gasteiger charge is -2.30. The molecule has 0 aliphatic carbocycles. The summed E-state index contributed by atoms with van der Waals surface area (Å²) in [6.07, 6.45) is -2.50. The first kappa shape index (κ1) is 9.84. The van der Waals surface area contributed by atoms with Gasteiger partial charge in [0.25, 0.3) is 0 Å². The molecule has 4 nitrogen and oxygen atoms in total. The van der Waals surface area contributed by atoms with Gasteiger partial charge in [-0.15, -0.1) is 0 Å². The minimum atomic E-state index is -0.833. The summed E-state index contributed by atoms with van der Waals surface area (Å²) in [6.45, 7) is 4.46. The minimum absolute atomic E-state index is 0.833. The molecule has 3 atom stereocenters.